The van der Waals surface area contributed by atoms with Crippen molar-refractivity contribution in [1.29, 1.82) is 0 Å². The highest BCUT2D eigenvalue weighted by atomic mass is 19.4. The van der Waals surface area contributed by atoms with Crippen LogP contribution in [-0.2, 0) is 6.18 Å². The molecule has 17 heavy (non-hydrogen) atoms. The van der Waals surface area contributed by atoms with E-state index in [0.29, 0.717) is 12.1 Å². The van der Waals surface area contributed by atoms with E-state index in [4.69, 9.17) is 0 Å². The average Bonchev–Trinajstić information content (AvgIpc) is 2.25. The molecule has 0 aliphatic carbocycles. The van der Waals surface area contributed by atoms with Crippen LogP contribution in [0, 0.1) is 0 Å². The van der Waals surface area contributed by atoms with E-state index in [1.165, 1.54) is 12.3 Å². The summed E-state index contributed by atoms with van der Waals surface area (Å²) in [6.45, 7) is 5.73. The van der Waals surface area contributed by atoms with Gasteiger partial charge < -0.3 is 5.32 Å². The molecule has 0 unspecified atom stereocenters. The monoisotopic (exact) mass is 244 g/mol. The fraction of sp³-hybridized carbons (Fsp3) is 0.417. The van der Waals surface area contributed by atoms with Gasteiger partial charge in [-0.3, -0.25) is 4.98 Å². The molecule has 0 aliphatic rings. The molecule has 94 valence electrons. The summed E-state index contributed by atoms with van der Waals surface area (Å²) in [5, 5.41) is 2.70. The van der Waals surface area contributed by atoms with Crippen LogP contribution in [0.5, 0.6) is 0 Å². The first kappa shape index (κ1) is 13.5. The molecule has 0 aromatic carbocycles. The first-order valence-electron chi connectivity index (χ1n) is 5.41. The van der Waals surface area contributed by atoms with Gasteiger partial charge in [0.25, 0.3) is 0 Å². The van der Waals surface area contributed by atoms with Gasteiger partial charge in [0.15, 0.2) is 0 Å². The van der Waals surface area contributed by atoms with Crippen molar-refractivity contribution >= 4 is 5.69 Å². The van der Waals surface area contributed by atoms with E-state index in [-0.39, 0.29) is 5.69 Å². The lowest BCUT2D eigenvalue weighted by atomic mass is 10.2. The first-order chi connectivity index (χ1) is 7.95. The van der Waals surface area contributed by atoms with Gasteiger partial charge >= 0.3 is 6.18 Å². The highest BCUT2D eigenvalue weighted by molar-refractivity contribution is 5.54. The van der Waals surface area contributed by atoms with Gasteiger partial charge in [-0.1, -0.05) is 19.9 Å². The number of aromatic nitrogens is 1. The van der Waals surface area contributed by atoms with Gasteiger partial charge in [0.05, 0.1) is 11.3 Å². The number of hydrogen-bond donors (Lipinski definition) is 1. The largest absolute Gasteiger partial charge is 0.419 e. The second-order valence-electron chi connectivity index (χ2n) is 3.75. The molecule has 0 aliphatic heterocycles. The Bertz CT molecular complexity index is 386. The quantitative estimate of drug-likeness (QED) is 0.838. The highest BCUT2D eigenvalue weighted by Gasteiger charge is 2.33. The predicted molar refractivity (Wildman–Crippen MR) is 61.5 cm³/mol. The Morgan fingerprint density at radius 1 is 1.47 bits per heavy atom. The molecule has 0 amide bonds. The SMILES string of the molecule is C=C(CCCC)Nc1ccncc1C(F)(F)F. The zero-order valence-corrected chi connectivity index (χ0v) is 9.64. The molecule has 1 N–H and O–H groups in total. The van der Waals surface area contributed by atoms with Crippen LogP contribution in [0.25, 0.3) is 0 Å². The highest BCUT2D eigenvalue weighted by Crippen LogP contribution is 2.34. The summed E-state index contributed by atoms with van der Waals surface area (Å²) in [6.07, 6.45) is 0.277. The van der Waals surface area contributed by atoms with E-state index in [0.717, 1.165) is 19.0 Å². The molecule has 0 saturated carbocycles. The number of hydrogen-bond acceptors (Lipinski definition) is 2. The van der Waals surface area contributed by atoms with Crippen molar-refractivity contribution in [2.45, 2.75) is 32.4 Å². The summed E-state index contributed by atoms with van der Waals surface area (Å²) < 4.78 is 37.9. The molecule has 0 saturated heterocycles. The van der Waals surface area contributed by atoms with Gasteiger partial charge in [-0.05, 0) is 18.9 Å². The van der Waals surface area contributed by atoms with Gasteiger partial charge in [0.1, 0.15) is 0 Å². The zero-order valence-electron chi connectivity index (χ0n) is 9.64. The van der Waals surface area contributed by atoms with Crippen LogP contribution in [0.15, 0.2) is 30.7 Å². The first-order valence-corrected chi connectivity index (χ1v) is 5.41. The molecule has 0 fully saturated rings. The van der Waals surface area contributed by atoms with Gasteiger partial charge in [-0.2, -0.15) is 13.2 Å². The van der Waals surface area contributed by atoms with E-state index >= 15 is 0 Å². The van der Waals surface area contributed by atoms with E-state index < -0.39 is 11.7 Å². The molecule has 0 spiro atoms. The van der Waals surface area contributed by atoms with Crippen LogP contribution in [0.3, 0.4) is 0 Å². The molecular formula is C12H15F3N2. The molecule has 1 rings (SSSR count). The van der Waals surface area contributed by atoms with Crippen LogP contribution < -0.4 is 5.32 Å². The van der Waals surface area contributed by atoms with Crippen molar-refractivity contribution in [2.24, 2.45) is 0 Å². The molecule has 0 atom stereocenters. The number of pyridine rings is 1. The minimum atomic E-state index is -4.40. The topological polar surface area (TPSA) is 24.9 Å². The number of alkyl halides is 3. The number of rotatable bonds is 5. The van der Waals surface area contributed by atoms with Crippen LogP contribution in [0.4, 0.5) is 18.9 Å². The molecule has 0 radical (unpaired) electrons. The number of anilines is 1. The van der Waals surface area contributed by atoms with Crippen LogP contribution in [-0.4, -0.2) is 4.98 Å². The van der Waals surface area contributed by atoms with Crippen molar-refractivity contribution in [1.82, 2.24) is 4.98 Å². The fourth-order valence-corrected chi connectivity index (χ4v) is 1.37. The van der Waals surface area contributed by atoms with E-state index in [9.17, 15) is 13.2 Å². The second kappa shape index (κ2) is 5.70. The summed E-state index contributed by atoms with van der Waals surface area (Å²) in [4.78, 5) is 3.49. The van der Waals surface area contributed by atoms with Gasteiger partial charge in [0, 0.05) is 18.1 Å². The van der Waals surface area contributed by atoms with Crippen molar-refractivity contribution in [3.05, 3.63) is 36.3 Å². The van der Waals surface area contributed by atoms with E-state index in [1.807, 2.05) is 6.92 Å². The fourth-order valence-electron chi connectivity index (χ4n) is 1.37. The van der Waals surface area contributed by atoms with E-state index in [2.05, 4.69) is 16.9 Å². The third-order valence-corrected chi connectivity index (χ3v) is 2.27. The maximum atomic E-state index is 12.6. The van der Waals surface area contributed by atoms with Crippen molar-refractivity contribution in [3.8, 4) is 0 Å². The van der Waals surface area contributed by atoms with Crippen LogP contribution in [0.1, 0.15) is 31.7 Å². The Morgan fingerprint density at radius 2 is 2.18 bits per heavy atom. The summed E-state index contributed by atoms with van der Waals surface area (Å²) in [6, 6.07) is 1.31. The van der Waals surface area contributed by atoms with Gasteiger partial charge in [0.2, 0.25) is 0 Å². The molecular weight excluding hydrogens is 229 g/mol. The number of halogens is 3. The summed E-state index contributed by atoms with van der Waals surface area (Å²) >= 11 is 0. The molecule has 2 nitrogen and oxygen atoms in total. The Balaban J connectivity index is 2.81. The normalized spacial score (nSPS) is 11.3. The van der Waals surface area contributed by atoms with Crippen LogP contribution >= 0.6 is 0 Å². The minimum Gasteiger partial charge on any atom is -0.359 e. The van der Waals surface area contributed by atoms with Crippen LogP contribution in [0.2, 0.25) is 0 Å². The minimum absolute atomic E-state index is 0.00797. The smallest absolute Gasteiger partial charge is 0.359 e. The van der Waals surface area contributed by atoms with Crippen molar-refractivity contribution < 1.29 is 13.2 Å². The Morgan fingerprint density at radius 3 is 2.76 bits per heavy atom. The maximum absolute atomic E-state index is 12.6. The molecule has 1 aromatic rings. The van der Waals surface area contributed by atoms with Gasteiger partial charge in [-0.25, -0.2) is 0 Å². The molecule has 1 aromatic heterocycles. The average molecular weight is 244 g/mol. The Labute approximate surface area is 98.6 Å². The third kappa shape index (κ3) is 4.09. The Hall–Kier alpha value is -1.52. The summed E-state index contributed by atoms with van der Waals surface area (Å²) in [5.74, 6) is 0. The number of unbranched alkanes of at least 4 members (excludes halogenated alkanes) is 1. The standard InChI is InChI=1S/C12H15F3N2/c1-3-4-5-9(2)17-11-6-7-16-8-10(11)12(13,14)15/h6-8H,2-5H2,1H3,(H,16,17). The van der Waals surface area contributed by atoms with Gasteiger partial charge in [-0.15, -0.1) is 0 Å². The van der Waals surface area contributed by atoms with E-state index in [1.54, 1.807) is 0 Å². The van der Waals surface area contributed by atoms with Crippen molar-refractivity contribution in [2.75, 3.05) is 5.32 Å². The maximum Gasteiger partial charge on any atom is 0.419 e. The second-order valence-corrected chi connectivity index (χ2v) is 3.75. The Kier molecular flexibility index (Phi) is 4.54. The molecule has 1 heterocycles. The lowest BCUT2D eigenvalue weighted by Gasteiger charge is -2.15. The summed E-state index contributed by atoms with van der Waals surface area (Å²) in [5.41, 5.74) is -0.171. The predicted octanol–water partition coefficient (Wildman–Crippen LogP) is 4.22. The van der Waals surface area contributed by atoms with Crippen molar-refractivity contribution in [3.63, 3.8) is 0 Å². The number of nitrogens with zero attached hydrogens (tertiary/aromatic N) is 1. The summed E-state index contributed by atoms with van der Waals surface area (Å²) in [7, 11) is 0. The zero-order chi connectivity index (χ0) is 12.9. The molecule has 5 heteroatoms. The molecule has 0 bridgehead atoms. The lowest BCUT2D eigenvalue weighted by molar-refractivity contribution is -0.137. The lowest BCUT2D eigenvalue weighted by Crippen LogP contribution is -2.10. The number of allylic oxidation sites excluding steroid dienone is 1. The number of nitrogens with one attached hydrogen (secondary N) is 1. The third-order valence-electron chi connectivity index (χ3n) is 2.27.